The lowest BCUT2D eigenvalue weighted by Gasteiger charge is -2.18. The minimum Gasteiger partial charge on any atom is -0.508 e. The van der Waals surface area contributed by atoms with Crippen LogP contribution in [0, 0.1) is 25.7 Å². The number of hydrogen-bond acceptors (Lipinski definition) is 4. The molecule has 0 aliphatic carbocycles. The Morgan fingerprint density at radius 3 is 2.00 bits per heavy atom. The summed E-state index contributed by atoms with van der Waals surface area (Å²) < 4.78 is 0. The molecule has 0 saturated carbocycles. The molecule has 4 heteroatoms. The molecule has 0 spiro atoms. The zero-order chi connectivity index (χ0) is 28.4. The highest BCUT2D eigenvalue weighted by Crippen LogP contribution is 2.30. The quantitative estimate of drug-likeness (QED) is 0.145. The Bertz CT molecular complexity index is 975. The molecule has 0 fully saturated rings. The third-order valence-electron chi connectivity index (χ3n) is 5.38. The average molecular weight is 513 g/mol. The second kappa shape index (κ2) is 19.6. The third kappa shape index (κ3) is 13.0. The van der Waals surface area contributed by atoms with Gasteiger partial charge in [-0.2, -0.15) is 0 Å². The molecule has 1 atom stereocenters. The molecule has 3 nitrogen and oxygen atoms in total. The fourth-order valence-corrected chi connectivity index (χ4v) is 3.33. The lowest BCUT2D eigenvalue weighted by molar-refractivity contribution is 0.248. The normalized spacial score (nSPS) is 12.9. The van der Waals surface area contributed by atoms with Gasteiger partial charge in [0.2, 0.25) is 0 Å². The van der Waals surface area contributed by atoms with E-state index in [1.54, 1.807) is 0 Å². The third-order valence-corrected chi connectivity index (χ3v) is 5.97. The van der Waals surface area contributed by atoms with Crippen molar-refractivity contribution >= 4 is 18.2 Å². The molecule has 1 aromatic rings. The average Bonchev–Trinajstić information content (AvgIpc) is 2.84. The molecule has 200 valence electrons. The second-order valence-electron chi connectivity index (χ2n) is 8.87. The van der Waals surface area contributed by atoms with Crippen molar-refractivity contribution in [1.29, 1.82) is 0 Å². The van der Waals surface area contributed by atoms with Crippen molar-refractivity contribution in [3.8, 4) is 0 Å². The van der Waals surface area contributed by atoms with Crippen LogP contribution in [0.3, 0.4) is 0 Å². The molecule has 0 aliphatic rings. The van der Waals surface area contributed by atoms with Gasteiger partial charge in [-0.05, 0) is 90.3 Å². The summed E-state index contributed by atoms with van der Waals surface area (Å²) in [5.41, 5.74) is 7.16. The first kappa shape index (κ1) is 35.6. The topological polar surface area (TPSA) is 60.7 Å². The summed E-state index contributed by atoms with van der Waals surface area (Å²) in [5, 5.41) is 25.0. The Morgan fingerprint density at radius 2 is 1.58 bits per heavy atom. The van der Waals surface area contributed by atoms with Crippen molar-refractivity contribution in [2.75, 3.05) is 13.7 Å². The number of benzene rings is 1. The smallest absolute Gasteiger partial charge is 0.115 e. The molecular formula is C32H48O3S. The van der Waals surface area contributed by atoms with E-state index in [-0.39, 0.29) is 11.7 Å². The molecule has 3 N–H and O–H groups in total. The van der Waals surface area contributed by atoms with E-state index in [9.17, 15) is 5.11 Å². The van der Waals surface area contributed by atoms with Gasteiger partial charge >= 0.3 is 0 Å². The van der Waals surface area contributed by atoms with E-state index in [0.717, 1.165) is 29.6 Å². The van der Waals surface area contributed by atoms with E-state index >= 15 is 0 Å². The highest BCUT2D eigenvalue weighted by atomic mass is 32.1. The van der Waals surface area contributed by atoms with Gasteiger partial charge in [0, 0.05) is 19.3 Å². The first-order valence-corrected chi connectivity index (χ1v) is 12.6. The predicted octanol–water partition coefficient (Wildman–Crippen LogP) is 8.26. The maximum atomic E-state index is 9.83. The molecule has 0 aromatic heterocycles. The maximum absolute atomic E-state index is 9.83. The largest absolute Gasteiger partial charge is 0.508 e. The molecule has 1 rings (SSSR count). The zero-order valence-electron chi connectivity index (χ0n) is 23.6. The van der Waals surface area contributed by atoms with Gasteiger partial charge < -0.3 is 15.3 Å². The van der Waals surface area contributed by atoms with Crippen LogP contribution in [-0.4, -0.2) is 29.0 Å². The fraction of sp³-hybridized carbons (Fsp3) is 0.375. The van der Waals surface area contributed by atoms with Crippen LogP contribution >= 0.6 is 12.6 Å². The first-order chi connectivity index (χ1) is 16.9. The Balaban J connectivity index is 0. The van der Waals surface area contributed by atoms with Crippen LogP contribution in [-0.2, 0) is 6.42 Å². The van der Waals surface area contributed by atoms with Gasteiger partial charge in [0.05, 0.1) is 0 Å². The number of thiol groups is 1. The predicted molar refractivity (Wildman–Crippen MR) is 164 cm³/mol. The van der Waals surface area contributed by atoms with Crippen LogP contribution in [0.2, 0.25) is 0 Å². The number of allylic oxidation sites excluding steroid dienone is 9. The molecule has 1 aromatic carbocycles. The lowest BCUT2D eigenvalue weighted by Crippen LogP contribution is -2.04. The standard InChI is InChI=1S/C27H34OS.C4H10O.CH4O/c1-9-12-13-27(29)21(7)16-24-14-18(4)19(5)17-26(24)23(10-2)15-20(6)25(11-3)22(8)28;1-4(2)3-5;1-2/h9-15,17,21,28-29H,2,6,8,16H2,1,3-5,7H3;4-5H,3H2,1-2H3;2H,1H3/b12-9-,23-15+,25-11+,27-13-;;. The Morgan fingerprint density at radius 1 is 1.06 bits per heavy atom. The van der Waals surface area contributed by atoms with Crippen LogP contribution in [0.4, 0.5) is 0 Å². The summed E-state index contributed by atoms with van der Waals surface area (Å²) in [4.78, 5) is 1.05. The Labute approximate surface area is 226 Å². The molecule has 0 heterocycles. The first-order valence-electron chi connectivity index (χ1n) is 12.2. The van der Waals surface area contributed by atoms with E-state index in [1.165, 1.54) is 16.7 Å². The maximum Gasteiger partial charge on any atom is 0.115 e. The number of aryl methyl sites for hydroxylation is 2. The Hall–Kier alpha value is -2.53. The zero-order valence-corrected chi connectivity index (χ0v) is 24.5. The summed E-state index contributed by atoms with van der Waals surface area (Å²) in [5.74, 6) is 0.739. The highest BCUT2D eigenvalue weighted by Gasteiger charge is 2.14. The van der Waals surface area contributed by atoms with Gasteiger partial charge in [0.15, 0.2) is 0 Å². The van der Waals surface area contributed by atoms with Crippen molar-refractivity contribution in [1.82, 2.24) is 0 Å². The van der Waals surface area contributed by atoms with Gasteiger partial charge in [-0.1, -0.05) is 83.0 Å². The van der Waals surface area contributed by atoms with Crippen LogP contribution < -0.4 is 0 Å². The van der Waals surface area contributed by atoms with Crippen LogP contribution in [0.1, 0.15) is 56.9 Å². The number of aliphatic hydroxyl groups excluding tert-OH is 3. The summed E-state index contributed by atoms with van der Waals surface area (Å²) in [7, 11) is 1.00. The second-order valence-corrected chi connectivity index (χ2v) is 9.39. The summed E-state index contributed by atoms with van der Waals surface area (Å²) in [6, 6.07) is 4.45. The van der Waals surface area contributed by atoms with Crippen molar-refractivity contribution < 1.29 is 15.3 Å². The monoisotopic (exact) mass is 512 g/mol. The minimum atomic E-state index is 0.0138. The van der Waals surface area contributed by atoms with Gasteiger partial charge in [-0.25, -0.2) is 0 Å². The molecule has 0 aliphatic heterocycles. The SMILES string of the molecule is C=C/C(=C\C(=C)/C(=C\C)C(=C)O)c1cc(C)c(C)cc1CC(C)/C(S)=C/C=C\C.CC(C)CO.CO. The van der Waals surface area contributed by atoms with Crippen molar-refractivity contribution in [3.05, 3.63) is 112 Å². The Kier molecular flexibility index (Phi) is 19.4. The number of hydrogen-bond donors (Lipinski definition) is 4. The molecule has 0 amide bonds. The van der Waals surface area contributed by atoms with Gasteiger partial charge in [-0.15, -0.1) is 12.6 Å². The molecule has 0 radical (unpaired) electrons. The van der Waals surface area contributed by atoms with Crippen molar-refractivity contribution in [2.24, 2.45) is 11.8 Å². The summed E-state index contributed by atoms with van der Waals surface area (Å²) in [6.07, 6.45) is 12.5. The van der Waals surface area contributed by atoms with E-state index in [2.05, 4.69) is 65.3 Å². The van der Waals surface area contributed by atoms with Crippen molar-refractivity contribution in [3.63, 3.8) is 0 Å². The number of rotatable bonds is 10. The van der Waals surface area contributed by atoms with Gasteiger partial charge in [-0.3, -0.25) is 0 Å². The van der Waals surface area contributed by atoms with Gasteiger partial charge in [0.1, 0.15) is 5.76 Å². The molecule has 0 bridgehead atoms. The molecular weight excluding hydrogens is 464 g/mol. The van der Waals surface area contributed by atoms with Crippen LogP contribution in [0.5, 0.6) is 0 Å². The minimum absolute atomic E-state index is 0.0138. The van der Waals surface area contributed by atoms with E-state index in [1.807, 2.05) is 64.2 Å². The van der Waals surface area contributed by atoms with Crippen molar-refractivity contribution in [2.45, 2.75) is 54.9 Å². The molecule has 0 saturated heterocycles. The van der Waals surface area contributed by atoms with E-state index < -0.39 is 0 Å². The summed E-state index contributed by atoms with van der Waals surface area (Å²) >= 11 is 4.68. The lowest BCUT2D eigenvalue weighted by atomic mass is 9.88. The number of aliphatic hydroxyl groups is 3. The van der Waals surface area contributed by atoms with E-state index in [4.69, 9.17) is 10.2 Å². The fourth-order valence-electron chi connectivity index (χ4n) is 3.16. The van der Waals surface area contributed by atoms with Crippen LogP contribution in [0.15, 0.2) is 90.1 Å². The van der Waals surface area contributed by atoms with Crippen LogP contribution in [0.25, 0.3) is 5.57 Å². The molecule has 1 unspecified atom stereocenters. The summed E-state index contributed by atoms with van der Waals surface area (Å²) in [6.45, 7) is 26.3. The van der Waals surface area contributed by atoms with Gasteiger partial charge in [0.25, 0.3) is 0 Å². The van der Waals surface area contributed by atoms with E-state index in [0.29, 0.717) is 23.7 Å². The highest BCUT2D eigenvalue weighted by molar-refractivity contribution is 7.84. The molecule has 36 heavy (non-hydrogen) atoms.